The van der Waals surface area contributed by atoms with E-state index in [-0.39, 0.29) is 0 Å². The molecule has 2 N–H and O–H groups in total. The summed E-state index contributed by atoms with van der Waals surface area (Å²) in [5, 5.41) is 6.45. The molecule has 6 heteroatoms. The lowest BCUT2D eigenvalue weighted by Crippen LogP contribution is -2.32. The van der Waals surface area contributed by atoms with E-state index < -0.39 is 0 Å². The van der Waals surface area contributed by atoms with Crippen molar-refractivity contribution in [2.45, 2.75) is 39.2 Å². The molecule has 6 nitrogen and oxygen atoms in total. The van der Waals surface area contributed by atoms with Crippen molar-refractivity contribution in [1.82, 2.24) is 15.0 Å². The molecule has 0 aliphatic heterocycles. The first-order valence-electron chi connectivity index (χ1n) is 6.80. The fraction of sp³-hybridized carbons (Fsp3) is 0.769. The van der Waals surface area contributed by atoms with Gasteiger partial charge in [-0.15, -0.1) is 0 Å². The second-order valence-corrected chi connectivity index (χ2v) is 6.00. The molecule has 0 bridgehead atoms. The van der Waals surface area contributed by atoms with Crippen molar-refractivity contribution in [1.29, 1.82) is 0 Å². The maximum atomic E-state index is 4.46. The molecule has 1 saturated carbocycles. The van der Waals surface area contributed by atoms with Crippen LogP contribution in [-0.2, 0) is 0 Å². The minimum absolute atomic E-state index is 0.296. The number of nitrogens with one attached hydrogen (secondary N) is 2. The van der Waals surface area contributed by atoms with Crippen LogP contribution in [0.2, 0.25) is 0 Å². The number of aromatic nitrogens is 3. The Morgan fingerprint density at radius 3 is 2.37 bits per heavy atom. The molecule has 106 valence electrons. The highest BCUT2D eigenvalue weighted by molar-refractivity contribution is 5.43. The predicted octanol–water partition coefficient (Wildman–Crippen LogP) is 1.97. The SMILES string of the molecule is CNc1nc(NC2CCCC2(C)C)nc(N(C)C)n1. The zero-order chi connectivity index (χ0) is 14.0. The average molecular weight is 264 g/mol. The number of rotatable bonds is 4. The predicted molar refractivity (Wildman–Crippen MR) is 78.7 cm³/mol. The molecule has 1 aromatic rings. The lowest BCUT2D eigenvalue weighted by atomic mass is 9.87. The Labute approximate surface area is 115 Å². The molecule has 19 heavy (non-hydrogen) atoms. The number of hydrogen-bond donors (Lipinski definition) is 2. The molecule has 0 aromatic carbocycles. The summed E-state index contributed by atoms with van der Waals surface area (Å²) >= 11 is 0. The lowest BCUT2D eigenvalue weighted by Gasteiger charge is -2.28. The van der Waals surface area contributed by atoms with Gasteiger partial charge in [-0.25, -0.2) is 0 Å². The summed E-state index contributed by atoms with van der Waals surface area (Å²) in [6.45, 7) is 4.59. The van der Waals surface area contributed by atoms with Crippen LogP contribution < -0.4 is 15.5 Å². The summed E-state index contributed by atoms with van der Waals surface area (Å²) in [4.78, 5) is 15.1. The summed E-state index contributed by atoms with van der Waals surface area (Å²) in [5.74, 6) is 1.91. The molecular formula is C13H24N6. The quantitative estimate of drug-likeness (QED) is 0.866. The van der Waals surface area contributed by atoms with E-state index in [9.17, 15) is 0 Å². The standard InChI is InChI=1S/C13H24N6/c1-13(2)8-6-7-9(13)15-11-16-10(14-3)17-12(18-11)19(4)5/h9H,6-8H2,1-5H3,(H2,14,15,16,17,18). The first-order chi connectivity index (χ1) is 8.92. The third-order valence-corrected chi connectivity index (χ3v) is 3.81. The van der Waals surface area contributed by atoms with E-state index in [4.69, 9.17) is 0 Å². The molecule has 0 radical (unpaired) electrons. The minimum atomic E-state index is 0.296. The Kier molecular flexibility index (Phi) is 3.78. The van der Waals surface area contributed by atoms with Crippen molar-refractivity contribution in [3.8, 4) is 0 Å². The van der Waals surface area contributed by atoms with Crippen LogP contribution in [0.1, 0.15) is 33.1 Å². The van der Waals surface area contributed by atoms with Gasteiger partial charge in [0.25, 0.3) is 0 Å². The van der Waals surface area contributed by atoms with E-state index in [0.717, 1.165) is 0 Å². The van der Waals surface area contributed by atoms with Crippen LogP contribution in [0.5, 0.6) is 0 Å². The molecule has 1 aliphatic rings. The molecule has 1 fully saturated rings. The van der Waals surface area contributed by atoms with Gasteiger partial charge in [-0.1, -0.05) is 20.3 Å². The molecule has 0 spiro atoms. The Balaban J connectivity index is 2.22. The fourth-order valence-corrected chi connectivity index (χ4v) is 2.49. The van der Waals surface area contributed by atoms with Gasteiger partial charge in [0, 0.05) is 27.2 Å². The molecular weight excluding hydrogens is 240 g/mol. The van der Waals surface area contributed by atoms with E-state index >= 15 is 0 Å². The van der Waals surface area contributed by atoms with Gasteiger partial charge >= 0.3 is 0 Å². The Hall–Kier alpha value is -1.59. The Morgan fingerprint density at radius 2 is 1.84 bits per heavy atom. The lowest BCUT2D eigenvalue weighted by molar-refractivity contribution is 0.349. The van der Waals surface area contributed by atoms with Crippen molar-refractivity contribution < 1.29 is 0 Å². The second kappa shape index (κ2) is 5.19. The minimum Gasteiger partial charge on any atom is -0.357 e. The van der Waals surface area contributed by atoms with Crippen LogP contribution in [0.3, 0.4) is 0 Å². The highest BCUT2D eigenvalue weighted by Gasteiger charge is 2.34. The van der Waals surface area contributed by atoms with Crippen LogP contribution in [0.15, 0.2) is 0 Å². The number of nitrogens with zero attached hydrogens (tertiary/aromatic N) is 4. The van der Waals surface area contributed by atoms with E-state index in [1.807, 2.05) is 26.0 Å². The molecule has 0 amide bonds. The average Bonchev–Trinajstić information content (AvgIpc) is 2.68. The van der Waals surface area contributed by atoms with E-state index in [1.165, 1.54) is 19.3 Å². The second-order valence-electron chi connectivity index (χ2n) is 6.00. The van der Waals surface area contributed by atoms with Gasteiger partial charge < -0.3 is 15.5 Å². The van der Waals surface area contributed by atoms with Gasteiger partial charge in [-0.05, 0) is 18.3 Å². The highest BCUT2D eigenvalue weighted by Crippen LogP contribution is 2.38. The van der Waals surface area contributed by atoms with Crippen molar-refractivity contribution in [3.05, 3.63) is 0 Å². The van der Waals surface area contributed by atoms with Crippen molar-refractivity contribution >= 4 is 17.8 Å². The molecule has 2 rings (SSSR count). The van der Waals surface area contributed by atoms with E-state index in [2.05, 4.69) is 39.4 Å². The van der Waals surface area contributed by atoms with Crippen LogP contribution in [0.25, 0.3) is 0 Å². The molecule has 1 atom stereocenters. The molecule has 1 unspecified atom stereocenters. The summed E-state index contributed by atoms with van der Waals surface area (Å²) in [5.41, 5.74) is 0.296. The van der Waals surface area contributed by atoms with E-state index in [1.54, 1.807) is 0 Å². The third kappa shape index (κ3) is 3.05. The normalized spacial score (nSPS) is 21.2. The largest absolute Gasteiger partial charge is 0.357 e. The molecule has 1 aromatic heterocycles. The van der Waals surface area contributed by atoms with Gasteiger partial charge in [0.15, 0.2) is 0 Å². The monoisotopic (exact) mass is 264 g/mol. The van der Waals surface area contributed by atoms with Gasteiger partial charge in [-0.3, -0.25) is 0 Å². The zero-order valence-corrected chi connectivity index (χ0v) is 12.5. The highest BCUT2D eigenvalue weighted by atomic mass is 15.3. The summed E-state index contributed by atoms with van der Waals surface area (Å²) in [6, 6.07) is 0.426. The van der Waals surface area contributed by atoms with Crippen LogP contribution >= 0.6 is 0 Å². The maximum Gasteiger partial charge on any atom is 0.231 e. The smallest absolute Gasteiger partial charge is 0.231 e. The zero-order valence-electron chi connectivity index (χ0n) is 12.5. The number of hydrogen-bond acceptors (Lipinski definition) is 6. The van der Waals surface area contributed by atoms with Gasteiger partial charge in [-0.2, -0.15) is 15.0 Å². The van der Waals surface area contributed by atoms with Crippen LogP contribution in [0, 0.1) is 5.41 Å². The Bertz CT molecular complexity index is 443. The summed E-state index contributed by atoms with van der Waals surface area (Å²) in [7, 11) is 5.67. The van der Waals surface area contributed by atoms with Gasteiger partial charge in [0.2, 0.25) is 17.8 Å². The summed E-state index contributed by atoms with van der Waals surface area (Å²) < 4.78 is 0. The number of anilines is 3. The van der Waals surface area contributed by atoms with Crippen molar-refractivity contribution in [3.63, 3.8) is 0 Å². The first-order valence-corrected chi connectivity index (χ1v) is 6.80. The van der Waals surface area contributed by atoms with Crippen LogP contribution in [-0.4, -0.2) is 42.1 Å². The molecule has 0 saturated heterocycles. The van der Waals surface area contributed by atoms with Gasteiger partial charge in [0.05, 0.1) is 0 Å². The van der Waals surface area contributed by atoms with E-state index in [0.29, 0.717) is 29.3 Å². The topological polar surface area (TPSA) is 66.0 Å². The molecule has 1 heterocycles. The van der Waals surface area contributed by atoms with Gasteiger partial charge in [0.1, 0.15) is 0 Å². The fourth-order valence-electron chi connectivity index (χ4n) is 2.49. The molecule has 1 aliphatic carbocycles. The summed E-state index contributed by atoms with van der Waals surface area (Å²) in [6.07, 6.45) is 3.68. The Morgan fingerprint density at radius 1 is 1.16 bits per heavy atom. The third-order valence-electron chi connectivity index (χ3n) is 3.81. The maximum absolute atomic E-state index is 4.46. The van der Waals surface area contributed by atoms with Crippen molar-refractivity contribution in [2.75, 3.05) is 36.7 Å². The van der Waals surface area contributed by atoms with Crippen LogP contribution in [0.4, 0.5) is 17.8 Å². The first kappa shape index (κ1) is 13.8. The van der Waals surface area contributed by atoms with Crippen molar-refractivity contribution in [2.24, 2.45) is 5.41 Å².